The van der Waals surface area contributed by atoms with Crippen LogP contribution in [0.3, 0.4) is 0 Å². The molecule has 4 spiro atoms. The molecule has 136 heavy (non-hydrogen) atoms. The zero-order valence-electron chi connectivity index (χ0n) is 73.6. The molecule has 636 valence electrons. The molecular weight excluding hydrogens is 1660 g/mol. The number of rotatable bonds is 12. The van der Waals surface area contributed by atoms with Gasteiger partial charge in [-0.3, -0.25) is 0 Å². The summed E-state index contributed by atoms with van der Waals surface area (Å²) in [6, 6.07) is 164. The van der Waals surface area contributed by atoms with Gasteiger partial charge in [0.1, 0.15) is 23.0 Å². The molecule has 28 rings (SSSR count). The van der Waals surface area contributed by atoms with E-state index >= 15 is 0 Å². The van der Waals surface area contributed by atoms with Crippen molar-refractivity contribution in [3.05, 3.63) is 550 Å². The number of hydrogen-bond donors (Lipinski definition) is 4. The summed E-state index contributed by atoms with van der Waals surface area (Å²) in [5, 5.41) is 36.6. The summed E-state index contributed by atoms with van der Waals surface area (Å²) in [6.07, 6.45) is 0. The van der Waals surface area contributed by atoms with Crippen LogP contribution >= 0.6 is 0 Å². The lowest BCUT2D eigenvalue weighted by Crippen LogP contribution is -2.25. The maximum Gasteiger partial charge on any atom is 0.569 e. The lowest BCUT2D eigenvalue weighted by atomic mass is 9.70. The molecule has 8 nitrogen and oxygen atoms in total. The van der Waals surface area contributed by atoms with Crippen LogP contribution in [0, 0.1) is 0 Å². The first-order chi connectivity index (χ1) is 67.3. The molecule has 4 radical (unpaired) electrons. The van der Waals surface area contributed by atoms with Gasteiger partial charge in [-0.25, -0.2) is 0 Å². The second-order valence-corrected chi connectivity index (χ2v) is 35.5. The standard InChI is InChI=1S/4C31H20BO2/c33-32-34-29-19-8-4-12-22(29)23-14-9-18-28-30(23)24-13-3-7-17-27(24)31(28)25-15-5-1-10-20(25)21-11-2-6-16-26(21)31;33-32-34-30-16-8-4-9-21(30)20-17-18-29-25(19-20)24-12-3-7-15-28(24)31(29)26-13-5-1-10-22(26)23-11-2-6-14-27(23)31;33-32-34-22-9-7-8-20(18-22)21-16-17-30-26(19-21)25-12-3-6-15-29(25)31(30)27-13-4-1-10-23(27)24-11-2-5-14-28(24)31;33-32-34-22-16-13-20(14-17-22)21-15-18-30-26(19-21)25-9-3-6-12-29(25)31(30)27-10-4-1-7-23(27)24-8-2-5-11-28(24)31/h4*1-19,33H. The van der Waals surface area contributed by atoms with E-state index in [1.54, 1.807) is 0 Å². The molecule has 0 heterocycles. The van der Waals surface area contributed by atoms with Crippen LogP contribution in [-0.4, -0.2) is 50.8 Å². The third-order valence-corrected chi connectivity index (χ3v) is 29.5. The summed E-state index contributed by atoms with van der Waals surface area (Å²) in [5.74, 6) is 2.47. The Morgan fingerprint density at radius 1 is 0.140 bits per heavy atom. The summed E-state index contributed by atoms with van der Waals surface area (Å²) in [6.45, 7) is 0. The summed E-state index contributed by atoms with van der Waals surface area (Å²) in [7, 11) is 2.92. The lowest BCUT2D eigenvalue weighted by Gasteiger charge is -2.30. The quantitative estimate of drug-likeness (QED) is 0.0894. The normalized spacial score (nSPS) is 13.7. The van der Waals surface area contributed by atoms with E-state index in [-0.39, 0.29) is 21.7 Å². The third-order valence-electron chi connectivity index (χ3n) is 29.5. The molecule has 0 bridgehead atoms. The van der Waals surface area contributed by atoms with Gasteiger partial charge in [0.15, 0.2) is 0 Å². The minimum Gasteiger partial charge on any atom is -0.537 e. The SMILES string of the molecule is O[B]Oc1ccc(-c2ccc3c(c2)-c2ccccc2C32c3ccccc3-c3ccccc32)cc1.O[B]Oc1cccc(-c2ccc3c(c2)-c2ccccc2C32c3ccccc3-c3ccccc32)c1.O[B]Oc1ccccc1-c1ccc2c(c1)-c1ccccc1C21c2ccccc2-c2ccccc21.O[B]Oc1ccccc1-c1cccc2c1-c1ccccc1C21c2ccccc2-c2ccccc21. The largest absolute Gasteiger partial charge is 0.569 e. The van der Waals surface area contributed by atoms with Crippen molar-refractivity contribution >= 4 is 30.7 Å². The highest BCUT2D eigenvalue weighted by atomic mass is 16.5. The molecule has 20 aromatic rings. The van der Waals surface area contributed by atoms with Crippen molar-refractivity contribution in [2.45, 2.75) is 21.7 Å². The minimum atomic E-state index is -0.367. The predicted molar refractivity (Wildman–Crippen MR) is 547 cm³/mol. The second-order valence-electron chi connectivity index (χ2n) is 35.5. The fraction of sp³-hybridized carbons (Fsp3) is 0.0323. The summed E-state index contributed by atoms with van der Waals surface area (Å²) in [5.41, 5.74) is 49.1. The summed E-state index contributed by atoms with van der Waals surface area (Å²) in [4.78, 5) is 0. The predicted octanol–water partition coefficient (Wildman–Crippen LogP) is 26.4. The van der Waals surface area contributed by atoms with Crippen LogP contribution in [-0.2, 0) is 21.7 Å². The van der Waals surface area contributed by atoms with Crippen LogP contribution in [0.5, 0.6) is 23.0 Å². The highest BCUT2D eigenvalue weighted by molar-refractivity contribution is 6.19. The van der Waals surface area contributed by atoms with Crippen LogP contribution in [0.25, 0.3) is 134 Å². The maximum atomic E-state index is 9.38. The Morgan fingerprint density at radius 2 is 0.368 bits per heavy atom. The van der Waals surface area contributed by atoms with Gasteiger partial charge in [-0.15, -0.1) is 0 Å². The van der Waals surface area contributed by atoms with Crippen molar-refractivity contribution < 1.29 is 38.7 Å². The van der Waals surface area contributed by atoms with Gasteiger partial charge in [0.25, 0.3) is 0 Å². The van der Waals surface area contributed by atoms with E-state index in [9.17, 15) is 10.0 Å². The number of para-hydroxylation sites is 2. The molecule has 0 aliphatic heterocycles. The van der Waals surface area contributed by atoms with E-state index in [0.717, 1.165) is 67.6 Å². The van der Waals surface area contributed by atoms with E-state index in [2.05, 4.69) is 376 Å². The molecule has 8 aliphatic rings. The second kappa shape index (κ2) is 32.9. The van der Waals surface area contributed by atoms with Crippen molar-refractivity contribution in [2.24, 2.45) is 0 Å². The third kappa shape index (κ3) is 11.9. The van der Waals surface area contributed by atoms with Crippen LogP contribution in [0.2, 0.25) is 0 Å². The van der Waals surface area contributed by atoms with Crippen LogP contribution < -0.4 is 18.6 Å². The Labute approximate surface area is 792 Å². The Morgan fingerprint density at radius 3 is 0.728 bits per heavy atom. The van der Waals surface area contributed by atoms with Crippen LogP contribution in [0.4, 0.5) is 0 Å². The number of hydrogen-bond acceptors (Lipinski definition) is 8. The van der Waals surface area contributed by atoms with E-state index in [1.165, 1.54) is 178 Å². The summed E-state index contributed by atoms with van der Waals surface area (Å²) >= 11 is 0. The molecule has 0 saturated heterocycles. The molecule has 0 fully saturated rings. The van der Waals surface area contributed by atoms with Gasteiger partial charge in [0, 0.05) is 11.1 Å². The Bertz CT molecular complexity index is 8060. The van der Waals surface area contributed by atoms with Crippen LogP contribution in [0.1, 0.15) is 89.0 Å². The average Bonchev–Trinajstić information content (AvgIpc) is 1.52. The van der Waals surface area contributed by atoms with Crippen molar-refractivity contribution in [1.82, 2.24) is 0 Å². The highest BCUT2D eigenvalue weighted by Gasteiger charge is 2.56. The monoisotopic (exact) mass is 1740 g/mol. The molecular formula is C124H80B4O8. The van der Waals surface area contributed by atoms with Gasteiger partial charge in [-0.05, 0) is 266 Å². The lowest BCUT2D eigenvalue weighted by molar-refractivity contribution is 0.453. The van der Waals surface area contributed by atoms with E-state index < -0.39 is 0 Å². The van der Waals surface area contributed by atoms with Crippen LogP contribution in [0.15, 0.2) is 461 Å². The molecule has 20 aromatic carbocycles. The fourth-order valence-electron chi connectivity index (χ4n) is 24.5. The first-order valence-electron chi connectivity index (χ1n) is 46.0. The number of fused-ring (bicyclic) bond motifs is 40. The molecule has 0 aromatic heterocycles. The van der Waals surface area contributed by atoms with Gasteiger partial charge in [0.05, 0.1) is 21.7 Å². The van der Waals surface area contributed by atoms with Gasteiger partial charge >= 0.3 is 30.7 Å². The topological polar surface area (TPSA) is 118 Å². The zero-order valence-corrected chi connectivity index (χ0v) is 73.6. The average molecular weight is 1740 g/mol. The molecule has 8 aliphatic carbocycles. The Kier molecular flexibility index (Phi) is 19.7. The van der Waals surface area contributed by atoms with Gasteiger partial charge in [-0.2, -0.15) is 0 Å². The fourth-order valence-corrected chi connectivity index (χ4v) is 24.5. The molecule has 4 N–H and O–H groups in total. The smallest absolute Gasteiger partial charge is 0.537 e. The zero-order chi connectivity index (χ0) is 90.8. The molecule has 12 heteroatoms. The maximum absolute atomic E-state index is 9.38. The highest BCUT2D eigenvalue weighted by Crippen LogP contribution is 2.69. The van der Waals surface area contributed by atoms with Gasteiger partial charge in [-0.1, -0.05) is 406 Å². The van der Waals surface area contributed by atoms with Crippen molar-refractivity contribution in [1.29, 1.82) is 0 Å². The molecule has 0 saturated carbocycles. The first-order valence-corrected chi connectivity index (χ1v) is 46.0. The van der Waals surface area contributed by atoms with E-state index in [1.807, 2.05) is 84.9 Å². The van der Waals surface area contributed by atoms with Gasteiger partial charge < -0.3 is 38.7 Å². The molecule has 0 atom stereocenters. The summed E-state index contributed by atoms with van der Waals surface area (Å²) < 4.78 is 21.2. The van der Waals surface area contributed by atoms with Crippen molar-refractivity contribution in [3.8, 4) is 157 Å². The van der Waals surface area contributed by atoms with Gasteiger partial charge in [0.2, 0.25) is 0 Å². The minimum absolute atomic E-state index is 0.299. The first kappa shape index (κ1) is 81.7. The van der Waals surface area contributed by atoms with E-state index in [4.69, 9.17) is 28.7 Å². The Hall–Kier alpha value is -16.3. The molecule has 0 amide bonds. The van der Waals surface area contributed by atoms with Crippen molar-refractivity contribution in [3.63, 3.8) is 0 Å². The Balaban J connectivity index is 0.0000000965. The molecule has 0 unspecified atom stereocenters. The van der Waals surface area contributed by atoms with E-state index in [0.29, 0.717) is 30.7 Å². The number of benzene rings is 20. The van der Waals surface area contributed by atoms with Crippen molar-refractivity contribution in [2.75, 3.05) is 0 Å².